The second kappa shape index (κ2) is 54.8. The molecule has 55 nitrogen and oxygen atoms in total. The van der Waals surface area contributed by atoms with E-state index in [0.717, 1.165) is 21.5 Å². The van der Waals surface area contributed by atoms with Gasteiger partial charge in [0.1, 0.15) is 54.4 Å². The summed E-state index contributed by atoms with van der Waals surface area (Å²) in [6.07, 6.45) is -5.22. The summed E-state index contributed by atoms with van der Waals surface area (Å²) in [5.41, 5.74) is 15.7. The molecule has 2 aliphatic heterocycles. The van der Waals surface area contributed by atoms with Gasteiger partial charge in [-0.25, -0.2) is 46.6 Å². The smallest absolute Gasteiger partial charge is 0.481 e. The molecule has 2 aromatic heterocycles. The van der Waals surface area contributed by atoms with Crippen LogP contribution in [0.4, 0.5) is 11.6 Å². The van der Waals surface area contributed by atoms with Gasteiger partial charge < -0.3 is 134 Å². The number of unbranched alkanes of at least 4 members (excludes halogenated alkanes) is 4. The van der Waals surface area contributed by atoms with E-state index in [2.05, 4.69) is 97.2 Å². The summed E-state index contributed by atoms with van der Waals surface area (Å²) in [4.78, 5) is 233. The molecule has 27 N–H and O–H groups in total. The molecule has 0 aromatic carbocycles. The Morgan fingerprint density at radius 2 is 0.895 bits per heavy atom. The molecule has 0 spiro atoms. The van der Waals surface area contributed by atoms with Crippen LogP contribution in [0.3, 0.4) is 0 Å². The molecule has 7 amide bonds. The van der Waals surface area contributed by atoms with Crippen LogP contribution in [0.2, 0.25) is 0 Å². The van der Waals surface area contributed by atoms with E-state index < -0.39 is 199 Å². The number of nitrogens with one attached hydrogen (secondary N) is 7. The lowest BCUT2D eigenvalue weighted by Crippen LogP contribution is -2.47. The fourth-order valence-corrected chi connectivity index (χ4v) is 19.9. The van der Waals surface area contributed by atoms with Gasteiger partial charge in [0.15, 0.2) is 0 Å². The highest BCUT2D eigenvalue weighted by Gasteiger charge is 2.45. The molecule has 700 valence electrons. The number of phosphoric ester groups is 2. The number of hydrogen-bond acceptors (Lipinski definition) is 38. The molecule has 124 heavy (non-hydrogen) atoms. The molecule has 2 aliphatic rings. The number of hydrogen-bond donors (Lipinski definition) is 24. The zero-order valence-electron chi connectivity index (χ0n) is 64.0. The number of carbonyl (C=O) groups is 11. The number of nitrogens with two attached hydrogens (primary N) is 3. The maximum Gasteiger partial charge on any atom is 0.490 e. The monoisotopic (exact) mass is 1970 g/mol. The lowest BCUT2D eigenvalue weighted by atomic mass is 10.1. The van der Waals surface area contributed by atoms with E-state index in [1.807, 2.05) is 0 Å². The molecule has 0 saturated carbocycles. The second-order valence-corrected chi connectivity index (χ2v) is 39.2. The quantitative estimate of drug-likeness (QED) is 0.0136. The number of aliphatic carboxylic acids is 4. The summed E-state index contributed by atoms with van der Waals surface area (Å²) in [5.74, 6) is 2.18. The zero-order valence-corrected chi connectivity index (χ0v) is 72.7. The van der Waals surface area contributed by atoms with Crippen LogP contribution in [-0.2, 0) is 116 Å². The predicted molar refractivity (Wildman–Crippen MR) is 432 cm³/mol. The van der Waals surface area contributed by atoms with E-state index in [1.54, 1.807) is 0 Å². The summed E-state index contributed by atoms with van der Waals surface area (Å²) >= 11 is 0. The zero-order chi connectivity index (χ0) is 92.8. The van der Waals surface area contributed by atoms with Gasteiger partial charge in [0.2, 0.25) is 41.4 Å². The third kappa shape index (κ3) is 47.5. The Morgan fingerprint density at radius 3 is 1.26 bits per heavy atom. The van der Waals surface area contributed by atoms with Crippen molar-refractivity contribution in [3.63, 3.8) is 0 Å². The number of rotatable bonds is 53. The molecule has 0 bridgehead atoms. The maximum absolute atomic E-state index is 12.7. The van der Waals surface area contributed by atoms with Gasteiger partial charge in [-0.3, -0.25) is 61.3 Å². The van der Waals surface area contributed by atoms with Gasteiger partial charge in [-0.05, 0) is 25.7 Å². The van der Waals surface area contributed by atoms with Crippen molar-refractivity contribution >= 4 is 167 Å². The van der Waals surface area contributed by atoms with Crippen LogP contribution in [0.5, 0.6) is 0 Å². The average Bonchev–Trinajstić information content (AvgIpc) is 1.62. The number of anilines is 2. The maximum atomic E-state index is 12.7. The Kier molecular flexibility index (Phi) is 49.8. The fraction of sp³-hybridized carbons (Fsp3) is 0.610. The molecule has 0 radical (unpaired) electrons. The molecular formula is C59H94N14O41P6S4. The predicted octanol–water partition coefficient (Wildman–Crippen LogP) is -2.98. The summed E-state index contributed by atoms with van der Waals surface area (Å²) in [6, 6.07) is -4.79. The van der Waals surface area contributed by atoms with E-state index >= 15 is 0 Å². The van der Waals surface area contributed by atoms with Crippen LogP contribution in [-0.4, -0.2) is 265 Å². The Balaban J connectivity index is 0.000000834. The fourth-order valence-electron chi connectivity index (χ4n) is 9.59. The number of aliphatic hydroxyl groups is 2. The molecule has 4 rings (SSSR count). The number of ether oxygens (including phenoxy) is 2. The van der Waals surface area contributed by atoms with E-state index in [1.165, 1.54) is 50.1 Å². The number of phosphoric acid groups is 6. The highest BCUT2D eigenvalue weighted by molar-refractivity contribution is 8.77. The van der Waals surface area contributed by atoms with Crippen molar-refractivity contribution in [3.8, 4) is 23.7 Å². The largest absolute Gasteiger partial charge is 0.490 e. The number of amides is 7. The first-order valence-electron chi connectivity index (χ1n) is 35.2. The summed E-state index contributed by atoms with van der Waals surface area (Å²) in [5, 5.41) is 73.6. The van der Waals surface area contributed by atoms with Crippen molar-refractivity contribution in [3.05, 3.63) is 44.5 Å². The first-order valence-corrected chi connectivity index (χ1v) is 49.2. The molecular weight excluding hydrogens is 1870 g/mol. The standard InChI is InChI=1S/C30H46N7O21P3S2.C28H44N7O20P3S2.CH4/c1-17(38)34-20(28(44)33-9-4-2-3-7-24(41)35-19(29(45)46)12-26(42)43)16-63-62-11-8-23(40)32-10-5-6-18-14-37(30(47)36-27(18)31)25-13-21(39)22(56-25)15-55-60(51,52)58-61(53,54)57-59(48,49)50;29-17(26(41)32-8-3-1-2-6-22(38)33-18(27(42)43)11-24(39)40)15-60-59-10-7-21(37)31-9-4-5-16-13-35(28(44)34-25(16)30)23-12-19(36)20(53-23)14-52-57(48,49)55-58(50,51)54-56(45,46)47;/h14,19-22,25,39H,2-4,7-13,15-16H2,1H3,(H,32,40)(H,33,44)(H,34,38)(H,35,41)(H,42,43)(H,45,46)(H,51,52)(H,53,54)(H2,31,36,47)(H2,48,49,50);13,17-20,23,36H,1-3,6-12,14-15,29H2,(H,31,37)(H,32,41)(H,33,38)(H,39,40)(H,42,43)(H,48,49)(H,50,51)(H2,30,34,44)(H2,45,46,47);1H4. The van der Waals surface area contributed by atoms with Gasteiger partial charge in [-0.15, -0.1) is 0 Å². The molecule has 14 unspecified atom stereocenters. The Morgan fingerprint density at radius 1 is 0.516 bits per heavy atom. The highest BCUT2D eigenvalue weighted by atomic mass is 33.1. The minimum Gasteiger partial charge on any atom is -0.481 e. The molecule has 2 aromatic rings. The van der Waals surface area contributed by atoms with Gasteiger partial charge in [0, 0.05) is 93.9 Å². The minimum absolute atomic E-state index is 0. The number of nitrogen functional groups attached to an aromatic ring is 2. The Bertz CT molecular complexity index is 4610. The summed E-state index contributed by atoms with van der Waals surface area (Å²) < 4.78 is 105. The van der Waals surface area contributed by atoms with Gasteiger partial charge in [-0.2, -0.15) is 27.2 Å². The third-order valence-corrected chi connectivity index (χ3v) is 27.6. The third-order valence-electron chi connectivity index (χ3n) is 15.1. The number of aromatic nitrogens is 4. The van der Waals surface area contributed by atoms with Crippen LogP contribution in [0.25, 0.3) is 0 Å². The summed E-state index contributed by atoms with van der Waals surface area (Å²) in [6.45, 7) is -0.487. The van der Waals surface area contributed by atoms with Gasteiger partial charge >= 0.3 is 82.2 Å². The number of nitrogens with zero attached hydrogens (tertiary/aromatic N) is 4. The summed E-state index contributed by atoms with van der Waals surface area (Å²) in [7, 11) is -28.8. The SMILES string of the molecule is C.CC(=O)NC(CSSCCC(=O)NCC#Cc1cn(C2CC(O)C(COP(=O)(O)OP(=O)(O)OP(=O)(O)O)O2)c(=O)nc1N)C(=O)NCCCCCC(=O)NC(CC(=O)O)C(=O)O.Nc1nc(=O)n(C2CC(O)C(COP(=O)(O)OP(=O)(O)OP(=O)(O)O)O2)cc1C#CCNC(=O)CCSSCC(N)C(=O)NCCCCCC(=O)NC(CC(=O)O)C(=O)O. The lowest BCUT2D eigenvalue weighted by molar-refractivity contribution is -0.147. The van der Waals surface area contributed by atoms with E-state index in [0.29, 0.717) is 50.0 Å². The number of carboxylic acid groups (broad SMARTS) is 4. The number of aliphatic hydroxyl groups excluding tert-OH is 2. The Hall–Kier alpha value is -7.33. The van der Waals surface area contributed by atoms with Crippen LogP contribution >= 0.6 is 90.1 Å². The molecule has 14 atom stereocenters. The van der Waals surface area contributed by atoms with Gasteiger partial charge in [-0.1, -0.05) is 87.1 Å². The number of carbonyl (C=O) groups excluding carboxylic acids is 7. The van der Waals surface area contributed by atoms with Crippen molar-refractivity contribution in [2.24, 2.45) is 5.73 Å². The Labute approximate surface area is 718 Å². The van der Waals surface area contributed by atoms with E-state index in [4.69, 9.17) is 66.7 Å². The van der Waals surface area contributed by atoms with E-state index in [9.17, 15) is 120 Å². The van der Waals surface area contributed by atoms with Crippen LogP contribution < -0.4 is 65.8 Å². The van der Waals surface area contributed by atoms with E-state index in [-0.39, 0.29) is 118 Å². The first-order chi connectivity index (χ1) is 57.1. The van der Waals surface area contributed by atoms with Crippen LogP contribution in [0.1, 0.15) is 128 Å². The van der Waals surface area contributed by atoms with Crippen molar-refractivity contribution in [1.29, 1.82) is 0 Å². The minimum atomic E-state index is -5.79. The number of carboxylic acids is 4. The first kappa shape index (κ1) is 113. The molecule has 65 heteroatoms. The lowest BCUT2D eigenvalue weighted by Gasteiger charge is -2.19. The average molecular weight is 1970 g/mol. The van der Waals surface area contributed by atoms with Gasteiger partial charge in [0.25, 0.3) is 0 Å². The van der Waals surface area contributed by atoms with Crippen molar-refractivity contribution < 1.29 is 186 Å². The molecule has 4 heterocycles. The van der Waals surface area contributed by atoms with Crippen molar-refractivity contribution in [2.45, 2.75) is 165 Å². The molecule has 2 fully saturated rings. The van der Waals surface area contributed by atoms with Crippen molar-refractivity contribution in [1.82, 2.24) is 56.3 Å². The molecule has 0 aliphatic carbocycles. The topological polar surface area (TPSA) is 879 Å². The normalized spacial score (nSPS) is 19.0. The van der Waals surface area contributed by atoms with Crippen LogP contribution in [0.15, 0.2) is 22.0 Å². The van der Waals surface area contributed by atoms with Crippen LogP contribution in [0, 0.1) is 23.7 Å². The molecule has 2 saturated heterocycles. The van der Waals surface area contributed by atoms with Gasteiger partial charge in [0.05, 0.1) is 68.5 Å². The highest BCUT2D eigenvalue weighted by Crippen LogP contribution is 2.67. The van der Waals surface area contributed by atoms with Crippen molar-refractivity contribution in [2.75, 3.05) is 73.9 Å². The second-order valence-electron chi connectivity index (χ2n) is 25.1.